The SMILES string of the molecule is C[Si](C)(C)O[Si](CCCOC(=O)CCC(=O)O)(O[Si](C)(C)C)O[Si](C)(C)C. The minimum Gasteiger partial charge on any atom is -0.481 e. The molecule has 0 fully saturated rings. The van der Waals surface area contributed by atoms with Gasteiger partial charge in [0.25, 0.3) is 0 Å². The van der Waals surface area contributed by atoms with Crippen LogP contribution in [0.25, 0.3) is 0 Å². The van der Waals surface area contributed by atoms with Crippen LogP contribution in [0.3, 0.4) is 0 Å². The fraction of sp³-hybridized carbons (Fsp3) is 0.875. The predicted octanol–water partition coefficient (Wildman–Crippen LogP) is 4.28. The second-order valence-corrected chi connectivity index (χ2v) is 26.5. The van der Waals surface area contributed by atoms with Crippen LogP contribution in [0.5, 0.6) is 0 Å². The number of carboxylic acids is 1. The van der Waals surface area contributed by atoms with E-state index < -0.39 is 45.7 Å². The second kappa shape index (κ2) is 10.5. The Labute approximate surface area is 168 Å². The van der Waals surface area contributed by atoms with Gasteiger partial charge in [-0.05, 0) is 65.3 Å². The summed E-state index contributed by atoms with van der Waals surface area (Å²) in [6.45, 7) is 19.4. The highest BCUT2D eigenvalue weighted by molar-refractivity contribution is 6.90. The van der Waals surface area contributed by atoms with Crippen LogP contribution >= 0.6 is 0 Å². The first-order valence-corrected chi connectivity index (χ1v) is 21.6. The van der Waals surface area contributed by atoms with Gasteiger partial charge in [-0.1, -0.05) is 0 Å². The number of hydrogen-bond donors (Lipinski definition) is 1. The van der Waals surface area contributed by atoms with Crippen molar-refractivity contribution in [2.45, 2.75) is 84.2 Å². The van der Waals surface area contributed by atoms with Gasteiger partial charge in [-0.15, -0.1) is 0 Å². The van der Waals surface area contributed by atoms with Crippen molar-refractivity contribution in [1.82, 2.24) is 0 Å². The van der Waals surface area contributed by atoms with E-state index in [1.807, 2.05) is 0 Å². The number of ether oxygens (including phenoxy) is 1. The number of hydrogen-bond acceptors (Lipinski definition) is 6. The molecule has 0 amide bonds. The Morgan fingerprint density at radius 2 is 1.15 bits per heavy atom. The highest BCUT2D eigenvalue weighted by Crippen LogP contribution is 2.29. The average molecular weight is 455 g/mol. The largest absolute Gasteiger partial charge is 0.481 e. The van der Waals surface area contributed by atoms with Gasteiger partial charge < -0.3 is 22.2 Å². The molecule has 27 heavy (non-hydrogen) atoms. The lowest BCUT2D eigenvalue weighted by atomic mass is 10.3. The lowest BCUT2D eigenvalue weighted by molar-refractivity contribution is -0.147. The standard InChI is InChI=1S/C16H38O7Si4/c1-24(2,3)21-27(22-25(4,5)6,23-26(7,8)9)14-10-13-20-16(19)12-11-15(17)18/h10-14H2,1-9H3,(H,17,18). The van der Waals surface area contributed by atoms with E-state index in [0.717, 1.165) is 0 Å². The molecule has 0 atom stereocenters. The molecular formula is C16H38O7Si4. The van der Waals surface area contributed by atoms with E-state index in [1.165, 1.54) is 0 Å². The Morgan fingerprint density at radius 1 is 0.741 bits per heavy atom. The van der Waals surface area contributed by atoms with Gasteiger partial charge >= 0.3 is 20.7 Å². The lowest BCUT2D eigenvalue weighted by Crippen LogP contribution is -2.60. The molecule has 11 heteroatoms. The summed E-state index contributed by atoms with van der Waals surface area (Å²) < 4.78 is 24.8. The zero-order valence-electron chi connectivity index (χ0n) is 18.4. The van der Waals surface area contributed by atoms with Crippen molar-refractivity contribution in [3.05, 3.63) is 0 Å². The van der Waals surface area contributed by atoms with Gasteiger partial charge in [-0.25, -0.2) is 0 Å². The maximum absolute atomic E-state index is 11.6. The lowest BCUT2D eigenvalue weighted by Gasteiger charge is -2.42. The van der Waals surface area contributed by atoms with E-state index in [1.54, 1.807) is 0 Å². The van der Waals surface area contributed by atoms with Gasteiger partial charge in [0.1, 0.15) is 0 Å². The molecule has 0 aliphatic rings. The van der Waals surface area contributed by atoms with Gasteiger partial charge in [-0.3, -0.25) is 9.59 Å². The third-order valence-electron chi connectivity index (χ3n) is 2.82. The molecule has 0 aromatic rings. The minimum absolute atomic E-state index is 0.111. The van der Waals surface area contributed by atoms with Gasteiger partial charge in [0.15, 0.2) is 25.0 Å². The molecule has 0 aromatic carbocycles. The van der Waals surface area contributed by atoms with Crippen molar-refractivity contribution >= 4 is 45.7 Å². The first-order valence-electron chi connectivity index (χ1n) is 9.41. The molecule has 0 rings (SSSR count). The molecule has 0 unspecified atom stereocenters. The number of carboxylic acid groups (broad SMARTS) is 1. The molecule has 0 bridgehead atoms. The van der Waals surface area contributed by atoms with Gasteiger partial charge in [0, 0.05) is 6.04 Å². The summed E-state index contributed by atoms with van der Waals surface area (Å²) in [5, 5.41) is 8.62. The Bertz CT molecular complexity index is 452. The molecule has 0 aliphatic heterocycles. The molecule has 0 radical (unpaired) electrons. The molecule has 7 nitrogen and oxygen atoms in total. The molecule has 0 spiro atoms. The van der Waals surface area contributed by atoms with Crippen LogP contribution in [0.1, 0.15) is 19.3 Å². The van der Waals surface area contributed by atoms with Crippen LogP contribution in [0, 0.1) is 0 Å². The molecule has 0 heterocycles. The van der Waals surface area contributed by atoms with Crippen LogP contribution in [0.4, 0.5) is 0 Å². The van der Waals surface area contributed by atoms with E-state index in [0.29, 0.717) is 12.5 Å². The molecule has 0 aliphatic carbocycles. The highest BCUT2D eigenvalue weighted by Gasteiger charge is 2.49. The first-order chi connectivity index (χ1) is 11.9. The summed E-state index contributed by atoms with van der Waals surface area (Å²) in [5.74, 6) is -1.50. The normalized spacial score (nSPS) is 13.5. The number of esters is 1. The number of carbonyl (C=O) groups excluding carboxylic acids is 1. The van der Waals surface area contributed by atoms with E-state index in [9.17, 15) is 9.59 Å². The van der Waals surface area contributed by atoms with E-state index in [2.05, 4.69) is 58.9 Å². The first kappa shape index (κ1) is 26.7. The van der Waals surface area contributed by atoms with Crippen LogP contribution in [-0.4, -0.2) is 57.4 Å². The van der Waals surface area contributed by atoms with Crippen molar-refractivity contribution in [1.29, 1.82) is 0 Å². The summed E-state index contributed by atoms with van der Waals surface area (Å²) in [4.78, 5) is 22.1. The quantitative estimate of drug-likeness (QED) is 0.252. The van der Waals surface area contributed by atoms with Crippen LogP contribution in [0.15, 0.2) is 0 Å². The van der Waals surface area contributed by atoms with E-state index in [-0.39, 0.29) is 19.4 Å². The maximum Gasteiger partial charge on any atom is 0.469 e. The summed E-state index contributed by atoms with van der Waals surface area (Å²) >= 11 is 0. The fourth-order valence-electron chi connectivity index (χ4n) is 2.37. The van der Waals surface area contributed by atoms with Crippen LogP contribution < -0.4 is 0 Å². The Morgan fingerprint density at radius 3 is 1.48 bits per heavy atom. The zero-order chi connectivity index (χ0) is 21.5. The van der Waals surface area contributed by atoms with Crippen LogP contribution in [-0.2, 0) is 26.7 Å². The van der Waals surface area contributed by atoms with Gasteiger partial charge in [0.05, 0.1) is 19.4 Å². The van der Waals surface area contributed by atoms with Crippen molar-refractivity contribution in [2.75, 3.05) is 6.61 Å². The number of rotatable bonds is 13. The van der Waals surface area contributed by atoms with Crippen LogP contribution in [0.2, 0.25) is 65.0 Å². The Hall–Kier alpha value is -0.312. The molecule has 0 saturated carbocycles. The summed E-state index contributed by atoms with van der Waals surface area (Å²) in [5.41, 5.74) is 0. The van der Waals surface area contributed by atoms with Crippen molar-refractivity contribution in [3.8, 4) is 0 Å². The monoisotopic (exact) mass is 454 g/mol. The molecule has 0 aromatic heterocycles. The Kier molecular flexibility index (Phi) is 10.3. The highest BCUT2D eigenvalue weighted by atomic mass is 28.5. The second-order valence-electron chi connectivity index (χ2n) is 9.54. The van der Waals surface area contributed by atoms with Crippen molar-refractivity contribution < 1.29 is 31.8 Å². The zero-order valence-corrected chi connectivity index (χ0v) is 22.4. The topological polar surface area (TPSA) is 91.3 Å². The smallest absolute Gasteiger partial charge is 0.469 e. The summed E-state index contributed by atoms with van der Waals surface area (Å²) in [6.07, 6.45) is 0.248. The van der Waals surface area contributed by atoms with Crippen molar-refractivity contribution in [3.63, 3.8) is 0 Å². The van der Waals surface area contributed by atoms with Gasteiger partial charge in [0.2, 0.25) is 0 Å². The molecule has 160 valence electrons. The van der Waals surface area contributed by atoms with Gasteiger partial charge in [-0.2, -0.15) is 0 Å². The molecule has 0 saturated heterocycles. The summed E-state index contributed by atoms with van der Waals surface area (Å²) in [6, 6.07) is 0.595. The fourth-order valence-corrected chi connectivity index (χ4v) is 17.0. The van der Waals surface area contributed by atoms with E-state index >= 15 is 0 Å². The third-order valence-corrected chi connectivity index (χ3v) is 14.9. The predicted molar refractivity (Wildman–Crippen MR) is 116 cm³/mol. The molecular weight excluding hydrogens is 417 g/mol. The Balaban J connectivity index is 5.10. The number of aliphatic carboxylic acids is 1. The minimum atomic E-state index is -2.91. The third kappa shape index (κ3) is 15.3. The van der Waals surface area contributed by atoms with Crippen molar-refractivity contribution in [2.24, 2.45) is 0 Å². The summed E-state index contributed by atoms with van der Waals surface area (Å²) in [7, 11) is -8.66. The number of carbonyl (C=O) groups is 2. The maximum atomic E-state index is 11.6. The van der Waals surface area contributed by atoms with E-state index in [4.69, 9.17) is 22.2 Å². The molecule has 1 N–H and O–H groups in total. The average Bonchev–Trinajstić information content (AvgIpc) is 2.35.